The van der Waals surface area contributed by atoms with E-state index >= 15 is 0 Å². The second-order valence-corrected chi connectivity index (χ2v) is 9.42. The molecule has 1 N–H and O–H groups in total. The topological polar surface area (TPSA) is 52.7 Å². The van der Waals surface area contributed by atoms with Crippen LogP contribution in [-0.2, 0) is 17.9 Å². The van der Waals surface area contributed by atoms with E-state index in [-0.39, 0.29) is 17.7 Å². The third kappa shape index (κ3) is 6.84. The van der Waals surface area contributed by atoms with Gasteiger partial charge in [0.2, 0.25) is 5.91 Å². The molecular weight excluding hydrogens is 446 g/mol. The second-order valence-electron chi connectivity index (χ2n) is 9.01. The molecule has 0 heterocycles. The monoisotopic (exact) mass is 477 g/mol. The maximum absolute atomic E-state index is 13.6. The normalized spacial score (nSPS) is 10.8. The molecule has 0 fully saturated rings. The van der Waals surface area contributed by atoms with Crippen LogP contribution in [0.2, 0.25) is 5.02 Å². The van der Waals surface area contributed by atoms with Crippen molar-refractivity contribution in [2.24, 2.45) is 5.92 Å². The van der Waals surface area contributed by atoms with Crippen molar-refractivity contribution in [2.75, 3.05) is 24.3 Å². The number of halogens is 1. The molecule has 0 unspecified atom stereocenters. The molecule has 0 bridgehead atoms. The molecule has 0 saturated heterocycles. The zero-order valence-corrected chi connectivity index (χ0v) is 21.0. The summed E-state index contributed by atoms with van der Waals surface area (Å²) in [7, 11) is 3.93. The summed E-state index contributed by atoms with van der Waals surface area (Å²) < 4.78 is 0. The maximum Gasteiger partial charge on any atom is 0.255 e. The Bertz CT molecular complexity index is 1130. The standard InChI is InChI=1S/C28H32ClN3O2/c1-20(2)16-27(33)30-23-14-15-26(31(3)4)22(17-23)19-32(18-21-10-6-5-7-11-21)28(34)24-12-8-9-13-25(24)29/h5-15,17,20H,16,18-19H2,1-4H3,(H,30,33). The van der Waals surface area contributed by atoms with Crippen LogP contribution in [0.5, 0.6) is 0 Å². The predicted molar refractivity (Wildman–Crippen MR) is 140 cm³/mol. The van der Waals surface area contributed by atoms with E-state index in [4.69, 9.17) is 11.6 Å². The lowest BCUT2D eigenvalue weighted by atomic mass is 10.1. The number of rotatable bonds is 9. The van der Waals surface area contributed by atoms with E-state index in [1.54, 1.807) is 17.0 Å². The summed E-state index contributed by atoms with van der Waals surface area (Å²) in [6.07, 6.45) is 0.454. The molecule has 0 spiro atoms. The second kappa shape index (κ2) is 11.7. The van der Waals surface area contributed by atoms with Gasteiger partial charge >= 0.3 is 0 Å². The Morgan fingerprint density at radius 2 is 1.59 bits per heavy atom. The van der Waals surface area contributed by atoms with Crippen LogP contribution < -0.4 is 10.2 Å². The van der Waals surface area contributed by atoms with Crippen molar-refractivity contribution in [1.82, 2.24) is 4.90 Å². The minimum absolute atomic E-state index is 0.0214. The number of hydrogen-bond donors (Lipinski definition) is 1. The van der Waals surface area contributed by atoms with Gasteiger partial charge in [-0.05, 0) is 47.4 Å². The average Bonchev–Trinajstić information content (AvgIpc) is 2.78. The van der Waals surface area contributed by atoms with Crippen molar-refractivity contribution in [2.45, 2.75) is 33.4 Å². The van der Waals surface area contributed by atoms with Crippen molar-refractivity contribution in [3.63, 3.8) is 0 Å². The van der Waals surface area contributed by atoms with Gasteiger partial charge in [0, 0.05) is 45.0 Å². The molecule has 2 amide bonds. The van der Waals surface area contributed by atoms with Crippen molar-refractivity contribution >= 4 is 34.8 Å². The fraction of sp³-hybridized carbons (Fsp3) is 0.286. The molecule has 3 rings (SSSR count). The van der Waals surface area contributed by atoms with Crippen LogP contribution >= 0.6 is 11.6 Å². The Morgan fingerprint density at radius 3 is 2.24 bits per heavy atom. The largest absolute Gasteiger partial charge is 0.377 e. The van der Waals surface area contributed by atoms with Gasteiger partial charge in [-0.25, -0.2) is 0 Å². The Labute approximate surface area is 207 Å². The van der Waals surface area contributed by atoms with E-state index in [0.717, 1.165) is 22.5 Å². The highest BCUT2D eigenvalue weighted by Gasteiger charge is 2.21. The first-order valence-corrected chi connectivity index (χ1v) is 11.8. The number of carbonyl (C=O) groups excluding carboxylic acids is 2. The summed E-state index contributed by atoms with van der Waals surface area (Å²) in [5.74, 6) is 0.107. The number of anilines is 2. The summed E-state index contributed by atoms with van der Waals surface area (Å²) in [5.41, 5.74) is 4.12. The first kappa shape index (κ1) is 25.3. The van der Waals surface area contributed by atoms with Crippen molar-refractivity contribution in [3.05, 3.63) is 94.5 Å². The number of amides is 2. The van der Waals surface area contributed by atoms with Gasteiger partial charge in [0.1, 0.15) is 0 Å². The van der Waals surface area contributed by atoms with Gasteiger partial charge in [-0.3, -0.25) is 9.59 Å². The molecule has 0 radical (unpaired) electrons. The molecule has 0 aliphatic rings. The van der Waals surface area contributed by atoms with E-state index in [0.29, 0.717) is 30.1 Å². The molecule has 0 atom stereocenters. The molecular formula is C28H32ClN3O2. The lowest BCUT2D eigenvalue weighted by Crippen LogP contribution is -2.31. The lowest BCUT2D eigenvalue weighted by Gasteiger charge is -2.27. The number of benzene rings is 3. The van der Waals surface area contributed by atoms with Gasteiger partial charge in [0.25, 0.3) is 5.91 Å². The summed E-state index contributed by atoms with van der Waals surface area (Å²) >= 11 is 6.37. The number of carbonyl (C=O) groups is 2. The fourth-order valence-corrected chi connectivity index (χ4v) is 4.04. The Kier molecular flexibility index (Phi) is 8.72. The predicted octanol–water partition coefficient (Wildman–Crippen LogP) is 6.23. The summed E-state index contributed by atoms with van der Waals surface area (Å²) in [6, 6.07) is 22.8. The molecule has 5 nitrogen and oxygen atoms in total. The third-order valence-corrected chi connectivity index (χ3v) is 5.74. The van der Waals surface area contributed by atoms with Crippen LogP contribution in [0.1, 0.15) is 41.8 Å². The molecule has 6 heteroatoms. The van der Waals surface area contributed by atoms with Gasteiger partial charge in [0.05, 0.1) is 10.6 Å². The Balaban J connectivity index is 1.96. The van der Waals surface area contributed by atoms with Gasteiger partial charge in [-0.1, -0.05) is 67.9 Å². The molecule has 0 saturated carbocycles. The van der Waals surface area contributed by atoms with Gasteiger partial charge in [-0.2, -0.15) is 0 Å². The molecule has 0 aliphatic heterocycles. The van der Waals surface area contributed by atoms with Crippen LogP contribution in [0.4, 0.5) is 11.4 Å². The lowest BCUT2D eigenvalue weighted by molar-refractivity contribution is -0.116. The molecule has 178 valence electrons. The van der Waals surface area contributed by atoms with E-state index in [1.165, 1.54) is 0 Å². The zero-order valence-electron chi connectivity index (χ0n) is 20.2. The highest BCUT2D eigenvalue weighted by atomic mass is 35.5. The minimum Gasteiger partial charge on any atom is -0.377 e. The van der Waals surface area contributed by atoms with Gasteiger partial charge < -0.3 is 15.1 Å². The first-order valence-electron chi connectivity index (χ1n) is 11.4. The van der Waals surface area contributed by atoms with Crippen LogP contribution in [0.25, 0.3) is 0 Å². The Hall–Kier alpha value is -3.31. The van der Waals surface area contributed by atoms with E-state index < -0.39 is 0 Å². The summed E-state index contributed by atoms with van der Waals surface area (Å²) in [6.45, 7) is 4.83. The van der Waals surface area contributed by atoms with Crippen LogP contribution in [0.3, 0.4) is 0 Å². The van der Waals surface area contributed by atoms with E-state index in [9.17, 15) is 9.59 Å². The van der Waals surface area contributed by atoms with Crippen molar-refractivity contribution in [1.29, 1.82) is 0 Å². The van der Waals surface area contributed by atoms with Crippen molar-refractivity contribution < 1.29 is 9.59 Å². The van der Waals surface area contributed by atoms with Crippen LogP contribution in [-0.4, -0.2) is 30.8 Å². The number of hydrogen-bond acceptors (Lipinski definition) is 3. The minimum atomic E-state index is -0.145. The SMILES string of the molecule is CC(C)CC(=O)Nc1ccc(N(C)C)c(CN(Cc2ccccc2)C(=O)c2ccccc2Cl)c1. The molecule has 3 aromatic carbocycles. The van der Waals surface area contributed by atoms with Gasteiger partial charge in [-0.15, -0.1) is 0 Å². The zero-order chi connectivity index (χ0) is 24.7. The quantitative estimate of drug-likeness (QED) is 0.397. The van der Waals surface area contributed by atoms with Crippen molar-refractivity contribution in [3.8, 4) is 0 Å². The fourth-order valence-electron chi connectivity index (χ4n) is 3.82. The first-order chi connectivity index (χ1) is 16.2. The molecule has 3 aromatic rings. The van der Waals surface area contributed by atoms with Crippen LogP contribution in [0, 0.1) is 5.92 Å². The van der Waals surface area contributed by atoms with E-state index in [1.807, 2.05) is 93.5 Å². The molecule has 0 aromatic heterocycles. The maximum atomic E-state index is 13.6. The number of nitrogens with zero attached hydrogens (tertiary/aromatic N) is 2. The van der Waals surface area contributed by atoms with Gasteiger partial charge in [0.15, 0.2) is 0 Å². The van der Waals surface area contributed by atoms with Crippen LogP contribution in [0.15, 0.2) is 72.8 Å². The summed E-state index contributed by atoms with van der Waals surface area (Å²) in [4.78, 5) is 29.7. The van der Waals surface area contributed by atoms with E-state index in [2.05, 4.69) is 5.32 Å². The molecule has 0 aliphatic carbocycles. The highest BCUT2D eigenvalue weighted by molar-refractivity contribution is 6.33. The number of nitrogens with one attached hydrogen (secondary N) is 1. The highest BCUT2D eigenvalue weighted by Crippen LogP contribution is 2.27. The third-order valence-electron chi connectivity index (χ3n) is 5.41. The molecule has 34 heavy (non-hydrogen) atoms. The Morgan fingerprint density at radius 1 is 0.912 bits per heavy atom. The average molecular weight is 478 g/mol. The smallest absolute Gasteiger partial charge is 0.255 e. The summed E-state index contributed by atoms with van der Waals surface area (Å²) in [5, 5.41) is 3.41.